The highest BCUT2D eigenvalue weighted by Crippen LogP contribution is 2.41. The van der Waals surface area contributed by atoms with E-state index in [-0.39, 0.29) is 11.3 Å². The van der Waals surface area contributed by atoms with Crippen LogP contribution in [0.1, 0.15) is 11.4 Å². The summed E-state index contributed by atoms with van der Waals surface area (Å²) in [6.07, 6.45) is -9.82. The van der Waals surface area contributed by atoms with Crippen molar-refractivity contribution in [2.75, 3.05) is 0 Å². The van der Waals surface area contributed by atoms with Crippen LogP contribution in [0.4, 0.5) is 26.3 Å². The van der Waals surface area contributed by atoms with Crippen LogP contribution in [0, 0.1) is 0 Å². The normalized spacial score (nSPS) is 12.3. The lowest BCUT2D eigenvalue weighted by molar-refractivity contribution is -0.144. The van der Waals surface area contributed by atoms with Gasteiger partial charge in [0.25, 0.3) is 0 Å². The lowest BCUT2D eigenvalue weighted by Crippen LogP contribution is -2.15. The fourth-order valence-electron chi connectivity index (χ4n) is 3.05. The first kappa shape index (κ1) is 19.8. The van der Waals surface area contributed by atoms with Gasteiger partial charge in [0.2, 0.25) is 5.82 Å². The molecule has 3 nitrogen and oxygen atoms in total. The van der Waals surface area contributed by atoms with E-state index < -0.39 is 40.5 Å². The van der Waals surface area contributed by atoms with Crippen molar-refractivity contribution in [3.8, 4) is 22.5 Å². The Morgan fingerprint density at radius 2 is 1.17 bits per heavy atom. The van der Waals surface area contributed by atoms with Gasteiger partial charge in [0.1, 0.15) is 0 Å². The molecule has 2 aromatic heterocycles. The van der Waals surface area contributed by atoms with Crippen molar-refractivity contribution in [2.24, 2.45) is 0 Å². The second-order valence-electron chi connectivity index (χ2n) is 6.38. The van der Waals surface area contributed by atoms with E-state index in [1.165, 1.54) is 36.4 Å². The summed E-state index contributed by atoms with van der Waals surface area (Å²) in [6, 6.07) is 16.0. The smallest absolute Gasteiger partial charge is 0.228 e. The average molecular weight is 419 g/mol. The maximum atomic E-state index is 13.9. The molecule has 0 saturated heterocycles. The Hall–Kier alpha value is -3.49. The van der Waals surface area contributed by atoms with Gasteiger partial charge < -0.3 is 0 Å². The first-order chi connectivity index (χ1) is 14.1. The Labute approximate surface area is 166 Å². The van der Waals surface area contributed by atoms with Crippen molar-refractivity contribution in [1.29, 1.82) is 0 Å². The Kier molecular flexibility index (Phi) is 4.68. The maximum absolute atomic E-state index is 13.9. The molecule has 0 atom stereocenters. The van der Waals surface area contributed by atoms with E-state index in [0.29, 0.717) is 5.56 Å². The number of aromatic nitrogens is 3. The van der Waals surface area contributed by atoms with Gasteiger partial charge >= 0.3 is 12.4 Å². The van der Waals surface area contributed by atoms with E-state index in [2.05, 4.69) is 15.0 Å². The summed E-state index contributed by atoms with van der Waals surface area (Å²) < 4.78 is 82.0. The minimum Gasteiger partial charge on any atom is -0.228 e. The standard InChI is InChI=1S/C21H11F6N3/c22-20(23,24)14-11-15(12-7-3-1-4-8-12)28-18-16(14)17(13-9-5-2-6-10-13)29-19(30-18)21(25,26)27/h1-11H. The molecule has 2 heterocycles. The summed E-state index contributed by atoms with van der Waals surface area (Å²) in [6.45, 7) is 0. The van der Waals surface area contributed by atoms with Gasteiger partial charge in [-0.25, -0.2) is 15.0 Å². The Bertz CT molecular complexity index is 1200. The van der Waals surface area contributed by atoms with Crippen LogP contribution in [0.5, 0.6) is 0 Å². The highest BCUT2D eigenvalue weighted by molar-refractivity contribution is 5.94. The first-order valence-electron chi connectivity index (χ1n) is 8.62. The van der Waals surface area contributed by atoms with Crippen LogP contribution in [0.25, 0.3) is 33.5 Å². The summed E-state index contributed by atoms with van der Waals surface area (Å²) in [5.41, 5.74) is -2.04. The lowest BCUT2D eigenvalue weighted by Gasteiger charge is -2.16. The molecule has 0 N–H and O–H groups in total. The van der Waals surface area contributed by atoms with Crippen molar-refractivity contribution >= 4 is 11.0 Å². The third-order valence-corrected chi connectivity index (χ3v) is 4.34. The first-order valence-corrected chi connectivity index (χ1v) is 8.62. The summed E-state index contributed by atoms with van der Waals surface area (Å²) in [5.74, 6) is -1.56. The zero-order valence-corrected chi connectivity index (χ0v) is 15.0. The topological polar surface area (TPSA) is 38.7 Å². The average Bonchev–Trinajstić information content (AvgIpc) is 2.72. The van der Waals surface area contributed by atoms with Crippen LogP contribution in [0.3, 0.4) is 0 Å². The van der Waals surface area contributed by atoms with Crippen molar-refractivity contribution in [3.63, 3.8) is 0 Å². The van der Waals surface area contributed by atoms with Crippen molar-refractivity contribution in [1.82, 2.24) is 15.0 Å². The Balaban J connectivity index is 2.15. The molecule has 0 aliphatic carbocycles. The molecular formula is C21H11F6N3. The van der Waals surface area contributed by atoms with Crippen molar-refractivity contribution in [2.45, 2.75) is 12.4 Å². The molecule has 152 valence electrons. The molecule has 0 radical (unpaired) electrons. The Morgan fingerprint density at radius 1 is 0.600 bits per heavy atom. The minimum absolute atomic E-state index is 0.0927. The van der Waals surface area contributed by atoms with Crippen LogP contribution < -0.4 is 0 Å². The number of halogens is 6. The highest BCUT2D eigenvalue weighted by Gasteiger charge is 2.39. The molecule has 2 aromatic carbocycles. The molecule has 30 heavy (non-hydrogen) atoms. The summed E-state index contributed by atoms with van der Waals surface area (Å²) >= 11 is 0. The molecule has 0 aliphatic heterocycles. The van der Waals surface area contributed by atoms with E-state index in [1.807, 2.05) is 0 Å². The molecule has 0 aliphatic rings. The highest BCUT2D eigenvalue weighted by atomic mass is 19.4. The quantitative estimate of drug-likeness (QED) is 0.353. The second-order valence-corrected chi connectivity index (χ2v) is 6.38. The number of rotatable bonds is 2. The van der Waals surface area contributed by atoms with Gasteiger partial charge in [-0.3, -0.25) is 0 Å². The number of hydrogen-bond donors (Lipinski definition) is 0. The van der Waals surface area contributed by atoms with Crippen LogP contribution in [0.2, 0.25) is 0 Å². The van der Waals surface area contributed by atoms with Gasteiger partial charge in [-0.05, 0) is 6.07 Å². The van der Waals surface area contributed by atoms with E-state index in [0.717, 1.165) is 6.07 Å². The molecule has 4 aromatic rings. The van der Waals surface area contributed by atoms with Crippen LogP contribution in [-0.4, -0.2) is 15.0 Å². The fraction of sp³-hybridized carbons (Fsp3) is 0.0952. The van der Waals surface area contributed by atoms with Crippen molar-refractivity contribution < 1.29 is 26.3 Å². The summed E-state index contributed by atoms with van der Waals surface area (Å²) in [7, 11) is 0. The van der Waals surface area contributed by atoms with Crippen LogP contribution in [-0.2, 0) is 12.4 Å². The number of benzene rings is 2. The second kappa shape index (κ2) is 7.08. The SMILES string of the molecule is FC(F)(F)c1nc(-c2ccccc2)c2c(C(F)(F)F)cc(-c3ccccc3)nc2n1. The number of fused-ring (bicyclic) bond motifs is 1. The molecule has 0 unspecified atom stereocenters. The number of alkyl halides is 6. The maximum Gasteiger partial charge on any atom is 0.451 e. The van der Waals surface area contributed by atoms with Crippen LogP contribution in [0.15, 0.2) is 66.7 Å². The predicted octanol–water partition coefficient (Wildman–Crippen LogP) is 6.40. The van der Waals surface area contributed by atoms with Gasteiger partial charge in [-0.1, -0.05) is 60.7 Å². The van der Waals surface area contributed by atoms with Crippen molar-refractivity contribution in [3.05, 3.63) is 78.1 Å². The molecule has 0 spiro atoms. The molecule has 9 heteroatoms. The van der Waals surface area contributed by atoms with Gasteiger partial charge in [-0.15, -0.1) is 0 Å². The van der Waals surface area contributed by atoms with E-state index in [4.69, 9.17) is 0 Å². The third kappa shape index (κ3) is 3.70. The van der Waals surface area contributed by atoms with Crippen LogP contribution >= 0.6 is 0 Å². The molecule has 0 fully saturated rings. The minimum atomic E-state index is -4.96. The van der Waals surface area contributed by atoms with E-state index >= 15 is 0 Å². The van der Waals surface area contributed by atoms with E-state index in [9.17, 15) is 26.3 Å². The molecule has 0 saturated carbocycles. The van der Waals surface area contributed by atoms with Gasteiger partial charge in [-0.2, -0.15) is 26.3 Å². The van der Waals surface area contributed by atoms with Gasteiger partial charge in [0.05, 0.1) is 22.3 Å². The number of nitrogens with zero attached hydrogens (tertiary/aromatic N) is 3. The third-order valence-electron chi connectivity index (χ3n) is 4.34. The predicted molar refractivity (Wildman–Crippen MR) is 98.2 cm³/mol. The van der Waals surface area contributed by atoms with E-state index in [1.54, 1.807) is 24.3 Å². The molecular weight excluding hydrogens is 408 g/mol. The Morgan fingerprint density at radius 3 is 1.70 bits per heavy atom. The monoisotopic (exact) mass is 419 g/mol. The van der Waals surface area contributed by atoms with Gasteiger partial charge in [0.15, 0.2) is 5.65 Å². The number of hydrogen-bond acceptors (Lipinski definition) is 3. The molecule has 0 bridgehead atoms. The molecule has 0 amide bonds. The summed E-state index contributed by atoms with van der Waals surface area (Å²) in [5, 5.41) is -0.582. The zero-order chi connectivity index (χ0) is 21.5. The number of pyridine rings is 1. The lowest BCUT2D eigenvalue weighted by atomic mass is 10.0. The molecule has 4 rings (SSSR count). The fourth-order valence-corrected chi connectivity index (χ4v) is 3.05. The zero-order valence-electron chi connectivity index (χ0n) is 15.0. The van der Waals surface area contributed by atoms with Gasteiger partial charge in [0, 0.05) is 11.1 Å². The largest absolute Gasteiger partial charge is 0.451 e. The summed E-state index contributed by atoms with van der Waals surface area (Å²) in [4.78, 5) is 10.8.